The Balaban J connectivity index is 1.49. The van der Waals surface area contributed by atoms with Crippen molar-refractivity contribution in [3.8, 4) is 21.6 Å². The molecule has 2 heterocycles. The van der Waals surface area contributed by atoms with Gasteiger partial charge in [0.25, 0.3) is 0 Å². The van der Waals surface area contributed by atoms with Crippen molar-refractivity contribution in [1.29, 1.82) is 0 Å². The van der Waals surface area contributed by atoms with E-state index in [4.69, 9.17) is 23.2 Å². The van der Waals surface area contributed by atoms with Gasteiger partial charge in [-0.15, -0.1) is 11.3 Å². The Labute approximate surface area is 189 Å². The quantitative estimate of drug-likeness (QED) is 0.358. The number of nitrogens with zero attached hydrogens (tertiary/aromatic N) is 1. The molecule has 4 aromatic rings. The molecule has 0 saturated carbocycles. The molecule has 152 valence electrons. The summed E-state index contributed by atoms with van der Waals surface area (Å²) >= 11 is 13.6. The van der Waals surface area contributed by atoms with Crippen LogP contribution in [0.5, 0.6) is 0 Å². The third kappa shape index (κ3) is 4.74. The zero-order chi connectivity index (χ0) is 21.1. The first-order valence-corrected chi connectivity index (χ1v) is 12.1. The van der Waals surface area contributed by atoms with E-state index in [1.54, 1.807) is 60.1 Å². The minimum Gasteiger partial charge on any atom is -0.264 e. The van der Waals surface area contributed by atoms with Gasteiger partial charge in [0.1, 0.15) is 0 Å². The van der Waals surface area contributed by atoms with Crippen molar-refractivity contribution in [2.24, 2.45) is 0 Å². The molecule has 0 radical (unpaired) electrons. The van der Waals surface area contributed by atoms with E-state index in [0.29, 0.717) is 10.0 Å². The van der Waals surface area contributed by atoms with Crippen molar-refractivity contribution < 1.29 is 8.42 Å². The number of hydrogen-bond acceptors (Lipinski definition) is 4. The van der Waals surface area contributed by atoms with Crippen LogP contribution in [0.3, 0.4) is 0 Å². The van der Waals surface area contributed by atoms with E-state index in [-0.39, 0.29) is 11.4 Å². The molecule has 0 aliphatic rings. The van der Waals surface area contributed by atoms with Crippen molar-refractivity contribution >= 4 is 44.6 Å². The molecule has 4 rings (SSSR count). The maximum atomic E-state index is 12.7. The largest absolute Gasteiger partial charge is 0.264 e. The van der Waals surface area contributed by atoms with Crippen molar-refractivity contribution in [2.75, 3.05) is 0 Å². The van der Waals surface area contributed by atoms with Gasteiger partial charge in [0.2, 0.25) is 10.0 Å². The Kier molecular flexibility index (Phi) is 6.22. The van der Waals surface area contributed by atoms with Crippen LogP contribution in [0.25, 0.3) is 21.6 Å². The SMILES string of the molecule is O=S(=O)(NCc1cncc(-c2cccs2)c1)c1ccc(-c2ccc(Cl)c(Cl)c2)cc1. The number of rotatable bonds is 6. The van der Waals surface area contributed by atoms with Gasteiger partial charge >= 0.3 is 0 Å². The fourth-order valence-electron chi connectivity index (χ4n) is 2.93. The van der Waals surface area contributed by atoms with Crippen LogP contribution in [0.15, 0.2) is 83.3 Å². The summed E-state index contributed by atoms with van der Waals surface area (Å²) in [6.45, 7) is 0.156. The van der Waals surface area contributed by atoms with Gasteiger partial charge < -0.3 is 0 Å². The highest BCUT2D eigenvalue weighted by atomic mass is 35.5. The van der Waals surface area contributed by atoms with Crippen LogP contribution < -0.4 is 4.72 Å². The van der Waals surface area contributed by atoms with Crippen LogP contribution in [0.4, 0.5) is 0 Å². The molecule has 0 fully saturated rings. The number of sulfonamides is 1. The molecule has 0 spiro atoms. The number of thiophene rings is 1. The van der Waals surface area contributed by atoms with E-state index < -0.39 is 10.0 Å². The molecule has 0 saturated heterocycles. The van der Waals surface area contributed by atoms with Gasteiger partial charge in [-0.2, -0.15) is 0 Å². The lowest BCUT2D eigenvalue weighted by Crippen LogP contribution is -2.23. The highest BCUT2D eigenvalue weighted by molar-refractivity contribution is 7.89. The molecule has 2 aromatic carbocycles. The van der Waals surface area contributed by atoms with Crippen LogP contribution in [0.1, 0.15) is 5.56 Å². The summed E-state index contributed by atoms with van der Waals surface area (Å²) in [6.07, 6.45) is 3.43. The first kappa shape index (κ1) is 21.0. The second-order valence-corrected chi connectivity index (χ2v) is 10.1. The van der Waals surface area contributed by atoms with Crippen molar-refractivity contribution in [1.82, 2.24) is 9.71 Å². The van der Waals surface area contributed by atoms with Gasteiger partial charge in [0, 0.05) is 29.4 Å². The Morgan fingerprint density at radius 1 is 0.867 bits per heavy atom. The smallest absolute Gasteiger partial charge is 0.240 e. The minimum absolute atomic E-state index is 0.156. The normalized spacial score (nSPS) is 11.5. The molecule has 0 bridgehead atoms. The molecule has 0 unspecified atom stereocenters. The summed E-state index contributed by atoms with van der Waals surface area (Å²) in [5.74, 6) is 0. The number of benzene rings is 2. The molecule has 0 aliphatic heterocycles. The average Bonchev–Trinajstić information content (AvgIpc) is 3.30. The van der Waals surface area contributed by atoms with Crippen LogP contribution in [-0.4, -0.2) is 13.4 Å². The number of aromatic nitrogens is 1. The fourth-order valence-corrected chi connectivity index (χ4v) is 4.95. The molecule has 30 heavy (non-hydrogen) atoms. The molecule has 0 atom stereocenters. The predicted octanol–water partition coefficient (Wildman–Crippen LogP) is 6.26. The lowest BCUT2D eigenvalue weighted by atomic mass is 10.1. The van der Waals surface area contributed by atoms with Gasteiger partial charge in [-0.05, 0) is 58.5 Å². The second kappa shape index (κ2) is 8.88. The zero-order valence-corrected chi connectivity index (χ0v) is 18.7. The summed E-state index contributed by atoms with van der Waals surface area (Å²) in [5, 5.41) is 2.92. The number of hydrogen-bond donors (Lipinski definition) is 1. The number of nitrogens with one attached hydrogen (secondary N) is 1. The molecular weight excluding hydrogens is 459 g/mol. The number of halogens is 2. The van der Waals surface area contributed by atoms with E-state index in [2.05, 4.69) is 9.71 Å². The molecule has 1 N–H and O–H groups in total. The zero-order valence-electron chi connectivity index (χ0n) is 15.5. The van der Waals surface area contributed by atoms with Gasteiger partial charge in [-0.1, -0.05) is 47.5 Å². The topological polar surface area (TPSA) is 59.1 Å². The molecule has 2 aromatic heterocycles. The Hall–Kier alpha value is -2.22. The summed E-state index contributed by atoms with van der Waals surface area (Å²) in [4.78, 5) is 5.50. The Morgan fingerprint density at radius 3 is 2.33 bits per heavy atom. The number of pyridine rings is 1. The summed E-state index contributed by atoms with van der Waals surface area (Å²) < 4.78 is 28.0. The minimum atomic E-state index is -3.66. The fraction of sp³-hybridized carbons (Fsp3) is 0.0455. The van der Waals surface area contributed by atoms with Gasteiger partial charge in [-0.25, -0.2) is 13.1 Å². The van der Waals surface area contributed by atoms with Gasteiger partial charge in [0.15, 0.2) is 0 Å². The Morgan fingerprint density at radius 2 is 1.63 bits per heavy atom. The second-order valence-electron chi connectivity index (χ2n) is 6.54. The standard InChI is InChI=1S/C22H16Cl2N2O2S2/c23-20-8-5-17(11-21(20)24)16-3-6-19(7-4-16)30(27,28)26-13-15-10-18(14-25-12-15)22-2-1-9-29-22/h1-12,14,26H,13H2. The maximum absolute atomic E-state index is 12.7. The lowest BCUT2D eigenvalue weighted by Gasteiger charge is -2.09. The molecule has 0 amide bonds. The lowest BCUT2D eigenvalue weighted by molar-refractivity contribution is 0.581. The van der Waals surface area contributed by atoms with Crippen molar-refractivity contribution in [3.05, 3.63) is 94.0 Å². The highest BCUT2D eigenvalue weighted by Crippen LogP contribution is 2.29. The third-order valence-corrected chi connectivity index (χ3v) is 7.56. The van der Waals surface area contributed by atoms with Crippen molar-refractivity contribution in [2.45, 2.75) is 11.4 Å². The third-order valence-electron chi connectivity index (χ3n) is 4.48. The summed E-state index contributed by atoms with van der Waals surface area (Å²) in [7, 11) is -3.66. The summed E-state index contributed by atoms with van der Waals surface area (Å²) in [6, 6.07) is 17.8. The van der Waals surface area contributed by atoms with Crippen LogP contribution >= 0.6 is 34.5 Å². The van der Waals surface area contributed by atoms with Gasteiger partial charge in [0.05, 0.1) is 14.9 Å². The van der Waals surface area contributed by atoms with E-state index in [1.165, 1.54) is 0 Å². The molecular formula is C22H16Cl2N2O2S2. The first-order chi connectivity index (χ1) is 14.4. The van der Waals surface area contributed by atoms with Crippen LogP contribution in [0.2, 0.25) is 10.0 Å². The molecule has 0 aliphatic carbocycles. The molecule has 8 heteroatoms. The van der Waals surface area contributed by atoms with E-state index in [1.807, 2.05) is 29.6 Å². The van der Waals surface area contributed by atoms with Gasteiger partial charge in [-0.3, -0.25) is 4.98 Å². The average molecular weight is 475 g/mol. The van der Waals surface area contributed by atoms with E-state index in [9.17, 15) is 8.42 Å². The highest BCUT2D eigenvalue weighted by Gasteiger charge is 2.14. The van der Waals surface area contributed by atoms with Crippen molar-refractivity contribution in [3.63, 3.8) is 0 Å². The van der Waals surface area contributed by atoms with Crippen LogP contribution in [0, 0.1) is 0 Å². The Bertz CT molecular complexity index is 1270. The monoisotopic (exact) mass is 474 g/mol. The van der Waals surface area contributed by atoms with Crippen LogP contribution in [-0.2, 0) is 16.6 Å². The summed E-state index contributed by atoms with van der Waals surface area (Å²) in [5.41, 5.74) is 3.46. The maximum Gasteiger partial charge on any atom is 0.240 e. The van der Waals surface area contributed by atoms with E-state index >= 15 is 0 Å². The first-order valence-electron chi connectivity index (χ1n) is 8.95. The van der Waals surface area contributed by atoms with E-state index in [0.717, 1.165) is 27.1 Å². The predicted molar refractivity (Wildman–Crippen MR) is 123 cm³/mol. The molecule has 4 nitrogen and oxygen atoms in total.